The van der Waals surface area contributed by atoms with Gasteiger partial charge in [0.25, 0.3) is 5.91 Å². The van der Waals surface area contributed by atoms with Crippen molar-refractivity contribution in [3.8, 4) is 11.5 Å². The van der Waals surface area contributed by atoms with Crippen molar-refractivity contribution in [2.45, 2.75) is 18.9 Å². The van der Waals surface area contributed by atoms with E-state index in [4.69, 9.17) is 4.74 Å². The Hall–Kier alpha value is -1.75. The van der Waals surface area contributed by atoms with Crippen LogP contribution in [-0.4, -0.2) is 47.3 Å². The Morgan fingerprint density at radius 1 is 1.39 bits per heavy atom. The molecule has 1 unspecified atom stereocenters. The van der Waals surface area contributed by atoms with E-state index < -0.39 is 0 Å². The Morgan fingerprint density at radius 3 is 2.61 bits per heavy atom. The van der Waals surface area contributed by atoms with Crippen LogP contribution in [0.3, 0.4) is 0 Å². The minimum absolute atomic E-state index is 0.0878. The maximum absolute atomic E-state index is 12.1. The molecule has 98 valence electrons. The highest BCUT2D eigenvalue weighted by atomic mass is 16.5. The molecule has 1 atom stereocenters. The van der Waals surface area contributed by atoms with Crippen molar-refractivity contribution in [3.63, 3.8) is 0 Å². The summed E-state index contributed by atoms with van der Waals surface area (Å²) in [4.78, 5) is 13.6. The summed E-state index contributed by atoms with van der Waals surface area (Å²) in [6.45, 7) is 1.27. The number of carbonyl (C=O) groups is 1. The van der Waals surface area contributed by atoms with Crippen LogP contribution in [0.2, 0.25) is 0 Å². The summed E-state index contributed by atoms with van der Waals surface area (Å²) < 4.78 is 5.46. The lowest BCUT2D eigenvalue weighted by Crippen LogP contribution is -2.34. The lowest BCUT2D eigenvalue weighted by atomic mass is 10.1. The Labute approximate surface area is 106 Å². The predicted molar refractivity (Wildman–Crippen MR) is 65.7 cm³/mol. The smallest absolute Gasteiger partial charge is 0.253 e. The van der Waals surface area contributed by atoms with E-state index >= 15 is 0 Å². The van der Waals surface area contributed by atoms with E-state index in [1.54, 1.807) is 11.9 Å². The van der Waals surface area contributed by atoms with Gasteiger partial charge in [0, 0.05) is 31.8 Å². The van der Waals surface area contributed by atoms with Crippen LogP contribution in [0.25, 0.3) is 0 Å². The maximum atomic E-state index is 12.1. The van der Waals surface area contributed by atoms with E-state index in [2.05, 4.69) is 0 Å². The number of phenolic OH excluding ortho intramolecular Hbond substituents is 2. The van der Waals surface area contributed by atoms with E-state index in [1.165, 1.54) is 18.2 Å². The number of hydrogen-bond acceptors (Lipinski definition) is 4. The molecule has 18 heavy (non-hydrogen) atoms. The Kier molecular flexibility index (Phi) is 3.72. The minimum atomic E-state index is -0.239. The molecular formula is C13H17NO4. The molecule has 1 fully saturated rings. The number of carbonyl (C=O) groups excluding carboxylic acids is 1. The van der Waals surface area contributed by atoms with E-state index in [0.717, 1.165) is 19.4 Å². The molecule has 2 rings (SSSR count). The number of rotatable bonds is 3. The molecule has 1 aliphatic rings. The normalized spacial score (nSPS) is 18.8. The van der Waals surface area contributed by atoms with Crippen molar-refractivity contribution in [1.82, 2.24) is 4.90 Å². The van der Waals surface area contributed by atoms with Crippen LogP contribution < -0.4 is 0 Å². The van der Waals surface area contributed by atoms with E-state index in [1.807, 2.05) is 0 Å². The van der Waals surface area contributed by atoms with Gasteiger partial charge in [0.05, 0.1) is 6.10 Å². The molecule has 0 radical (unpaired) electrons. The molecule has 1 aromatic rings. The maximum Gasteiger partial charge on any atom is 0.253 e. The van der Waals surface area contributed by atoms with Crippen molar-refractivity contribution < 1.29 is 19.7 Å². The average molecular weight is 251 g/mol. The zero-order valence-electron chi connectivity index (χ0n) is 10.3. The average Bonchev–Trinajstić information content (AvgIpc) is 2.79. The van der Waals surface area contributed by atoms with Gasteiger partial charge in [-0.2, -0.15) is 0 Å². The summed E-state index contributed by atoms with van der Waals surface area (Å²) in [7, 11) is 1.69. The van der Waals surface area contributed by atoms with Crippen LogP contribution in [0.15, 0.2) is 18.2 Å². The number of nitrogens with zero attached hydrogens (tertiary/aromatic N) is 1. The molecule has 1 heterocycles. The largest absolute Gasteiger partial charge is 0.508 e. The quantitative estimate of drug-likeness (QED) is 0.850. The van der Waals surface area contributed by atoms with Gasteiger partial charge < -0.3 is 19.8 Å². The lowest BCUT2D eigenvalue weighted by Gasteiger charge is -2.21. The first-order valence-corrected chi connectivity index (χ1v) is 5.96. The molecule has 1 aromatic carbocycles. The number of phenols is 2. The van der Waals surface area contributed by atoms with Gasteiger partial charge in [0.2, 0.25) is 0 Å². The topological polar surface area (TPSA) is 70.0 Å². The second-order valence-electron chi connectivity index (χ2n) is 4.56. The van der Waals surface area contributed by atoms with Crippen molar-refractivity contribution in [3.05, 3.63) is 23.8 Å². The number of amides is 1. The number of benzene rings is 1. The van der Waals surface area contributed by atoms with Crippen LogP contribution in [0.1, 0.15) is 23.2 Å². The van der Waals surface area contributed by atoms with Crippen LogP contribution in [0.4, 0.5) is 0 Å². The predicted octanol–water partition coefficient (Wildman–Crippen LogP) is 1.35. The van der Waals surface area contributed by atoms with E-state index in [9.17, 15) is 15.0 Å². The Morgan fingerprint density at radius 2 is 2.06 bits per heavy atom. The highest BCUT2D eigenvalue weighted by molar-refractivity contribution is 5.94. The highest BCUT2D eigenvalue weighted by Crippen LogP contribution is 2.22. The molecule has 5 nitrogen and oxygen atoms in total. The summed E-state index contributed by atoms with van der Waals surface area (Å²) in [6, 6.07) is 3.87. The number of hydrogen-bond donors (Lipinski definition) is 2. The van der Waals surface area contributed by atoms with Gasteiger partial charge in [0.1, 0.15) is 11.5 Å². The third-order valence-corrected chi connectivity index (χ3v) is 3.00. The van der Waals surface area contributed by atoms with Gasteiger partial charge in [0.15, 0.2) is 0 Å². The first-order chi connectivity index (χ1) is 8.56. The monoisotopic (exact) mass is 251 g/mol. The van der Waals surface area contributed by atoms with Gasteiger partial charge in [-0.1, -0.05) is 0 Å². The summed E-state index contributed by atoms with van der Waals surface area (Å²) in [5.74, 6) is -0.482. The van der Waals surface area contributed by atoms with Crippen molar-refractivity contribution >= 4 is 5.91 Å². The first-order valence-electron chi connectivity index (χ1n) is 5.96. The third-order valence-electron chi connectivity index (χ3n) is 3.00. The summed E-state index contributed by atoms with van der Waals surface area (Å²) >= 11 is 0. The van der Waals surface area contributed by atoms with E-state index in [-0.39, 0.29) is 29.1 Å². The van der Waals surface area contributed by atoms with Crippen LogP contribution in [-0.2, 0) is 4.74 Å². The molecule has 2 N–H and O–H groups in total. The molecule has 0 aliphatic carbocycles. The highest BCUT2D eigenvalue weighted by Gasteiger charge is 2.21. The van der Waals surface area contributed by atoms with Gasteiger partial charge in [-0.25, -0.2) is 0 Å². The SMILES string of the molecule is CN(CC1CCCO1)C(=O)c1cc(O)cc(O)c1. The van der Waals surface area contributed by atoms with Gasteiger partial charge in [-0.15, -0.1) is 0 Å². The molecule has 0 spiro atoms. The van der Waals surface area contributed by atoms with Gasteiger partial charge >= 0.3 is 0 Å². The summed E-state index contributed by atoms with van der Waals surface area (Å²) in [5.41, 5.74) is 0.271. The van der Waals surface area contributed by atoms with Gasteiger partial charge in [-0.05, 0) is 25.0 Å². The molecule has 5 heteroatoms. The lowest BCUT2D eigenvalue weighted by molar-refractivity contribution is 0.0586. The van der Waals surface area contributed by atoms with Crippen molar-refractivity contribution in [2.24, 2.45) is 0 Å². The second kappa shape index (κ2) is 5.27. The Balaban J connectivity index is 2.04. The summed E-state index contributed by atoms with van der Waals surface area (Å²) in [5, 5.41) is 18.7. The summed E-state index contributed by atoms with van der Waals surface area (Å²) in [6.07, 6.45) is 2.08. The second-order valence-corrected chi connectivity index (χ2v) is 4.56. The fourth-order valence-corrected chi connectivity index (χ4v) is 2.12. The van der Waals surface area contributed by atoms with Crippen LogP contribution in [0, 0.1) is 0 Å². The van der Waals surface area contributed by atoms with Crippen molar-refractivity contribution in [1.29, 1.82) is 0 Å². The number of ether oxygens (including phenoxy) is 1. The molecule has 1 aliphatic heterocycles. The number of aromatic hydroxyl groups is 2. The third kappa shape index (κ3) is 2.92. The molecule has 0 aromatic heterocycles. The molecule has 0 bridgehead atoms. The zero-order chi connectivity index (χ0) is 13.1. The fraction of sp³-hybridized carbons (Fsp3) is 0.462. The first kappa shape index (κ1) is 12.7. The van der Waals surface area contributed by atoms with Crippen LogP contribution in [0.5, 0.6) is 11.5 Å². The number of likely N-dealkylation sites (N-methyl/N-ethyl adjacent to an activating group) is 1. The van der Waals surface area contributed by atoms with Crippen molar-refractivity contribution in [2.75, 3.05) is 20.2 Å². The van der Waals surface area contributed by atoms with Gasteiger partial charge in [-0.3, -0.25) is 4.79 Å². The fourth-order valence-electron chi connectivity index (χ4n) is 2.12. The Bertz CT molecular complexity index is 420. The van der Waals surface area contributed by atoms with Crippen LogP contribution >= 0.6 is 0 Å². The van der Waals surface area contributed by atoms with E-state index in [0.29, 0.717) is 6.54 Å². The minimum Gasteiger partial charge on any atom is -0.508 e. The molecular weight excluding hydrogens is 234 g/mol. The molecule has 1 saturated heterocycles. The molecule has 0 saturated carbocycles. The molecule has 1 amide bonds. The zero-order valence-corrected chi connectivity index (χ0v) is 10.3. The standard InChI is InChI=1S/C13H17NO4/c1-14(8-12-3-2-4-18-12)13(17)9-5-10(15)7-11(16)6-9/h5-7,12,15-16H,2-4,8H2,1H3.